The zero-order valence-electron chi connectivity index (χ0n) is 51.6. The van der Waals surface area contributed by atoms with E-state index in [0.717, 1.165) is 83.5 Å². The summed E-state index contributed by atoms with van der Waals surface area (Å²) >= 11 is 0. The minimum absolute atomic E-state index is 0.0716. The largest absolute Gasteiger partial charge is 0.462 e. The molecule has 0 bridgehead atoms. The van der Waals surface area contributed by atoms with Gasteiger partial charge in [0.15, 0.2) is 6.10 Å². The van der Waals surface area contributed by atoms with Crippen molar-refractivity contribution >= 4 is 17.9 Å². The van der Waals surface area contributed by atoms with Crippen molar-refractivity contribution in [2.45, 2.75) is 393 Å². The summed E-state index contributed by atoms with van der Waals surface area (Å²) in [5.41, 5.74) is 0. The fourth-order valence-corrected chi connectivity index (χ4v) is 10.5. The third-order valence-corrected chi connectivity index (χ3v) is 15.7. The summed E-state index contributed by atoms with van der Waals surface area (Å²) in [6.45, 7) is 6.64. The van der Waals surface area contributed by atoms with E-state index in [4.69, 9.17) is 14.2 Å². The van der Waals surface area contributed by atoms with Gasteiger partial charge in [-0.1, -0.05) is 347 Å². The van der Waals surface area contributed by atoms with Crippen LogP contribution in [0.25, 0.3) is 0 Å². The van der Waals surface area contributed by atoms with Crippen LogP contribution in [0.1, 0.15) is 387 Å². The second-order valence-electron chi connectivity index (χ2n) is 23.5. The first-order valence-electron chi connectivity index (χ1n) is 34.3. The van der Waals surface area contributed by atoms with Gasteiger partial charge in [-0.2, -0.15) is 0 Å². The molecule has 0 N–H and O–H groups in total. The van der Waals surface area contributed by atoms with Crippen LogP contribution in [0.3, 0.4) is 0 Å². The lowest BCUT2D eigenvalue weighted by Gasteiger charge is -2.18. The first kappa shape index (κ1) is 73.9. The van der Waals surface area contributed by atoms with E-state index in [-0.39, 0.29) is 31.1 Å². The normalized spacial score (nSPS) is 12.1. The molecule has 6 heteroatoms. The average Bonchev–Trinajstić information content (AvgIpc) is 3.42. The lowest BCUT2D eigenvalue weighted by Crippen LogP contribution is -2.30. The standard InChI is InChI=1S/C70H132O6/c1-4-7-10-13-16-19-22-24-26-27-28-29-30-31-32-33-34-35-36-37-38-39-40-41-42-43-44-45-47-48-51-54-57-60-63-69(72)75-66-67(65-74-68(71)62-59-56-53-50-21-18-15-12-9-6-3)76-70(73)64-61-58-55-52-49-46-25-23-20-17-14-11-8-5-2/h14,17,23,25,67H,4-13,15-16,18-22,24,26-66H2,1-3H3/b17-14-,25-23-. The molecular formula is C70H132O6. The SMILES string of the molecule is CCCC/C=C\C/C=C\CCCCCCCC(=O)OC(COC(=O)CCCCCCCCCCCC)COC(=O)CCCCCCCCCCCCCCCCCCCCCCCCCCCCCCCCCCCC. The van der Waals surface area contributed by atoms with E-state index in [1.165, 1.54) is 263 Å². The van der Waals surface area contributed by atoms with Gasteiger partial charge in [0, 0.05) is 19.3 Å². The van der Waals surface area contributed by atoms with Crippen molar-refractivity contribution in [3.63, 3.8) is 0 Å². The Morgan fingerprint density at radius 1 is 0.263 bits per heavy atom. The Labute approximate surface area is 474 Å². The van der Waals surface area contributed by atoms with Crippen LogP contribution in [0.15, 0.2) is 24.3 Å². The molecular weight excluding hydrogens is 937 g/mol. The van der Waals surface area contributed by atoms with Gasteiger partial charge < -0.3 is 14.2 Å². The van der Waals surface area contributed by atoms with Crippen LogP contribution in [0, 0.1) is 0 Å². The molecule has 448 valence electrons. The molecule has 0 aromatic rings. The van der Waals surface area contributed by atoms with Crippen molar-refractivity contribution in [2.24, 2.45) is 0 Å². The predicted molar refractivity (Wildman–Crippen MR) is 330 cm³/mol. The van der Waals surface area contributed by atoms with Crippen LogP contribution in [0.5, 0.6) is 0 Å². The summed E-state index contributed by atoms with van der Waals surface area (Å²) < 4.78 is 16.9. The Morgan fingerprint density at radius 3 is 0.763 bits per heavy atom. The molecule has 1 unspecified atom stereocenters. The van der Waals surface area contributed by atoms with Crippen molar-refractivity contribution in [2.75, 3.05) is 13.2 Å². The summed E-state index contributed by atoms with van der Waals surface area (Å²) in [6, 6.07) is 0. The molecule has 6 nitrogen and oxygen atoms in total. The number of carbonyl (C=O) groups is 3. The highest BCUT2D eigenvalue weighted by molar-refractivity contribution is 5.71. The zero-order chi connectivity index (χ0) is 55.0. The highest BCUT2D eigenvalue weighted by Crippen LogP contribution is 2.19. The van der Waals surface area contributed by atoms with Crippen LogP contribution in [0.4, 0.5) is 0 Å². The number of rotatable bonds is 64. The van der Waals surface area contributed by atoms with Crippen molar-refractivity contribution in [3.05, 3.63) is 24.3 Å². The summed E-state index contributed by atoms with van der Waals surface area (Å²) in [6.07, 6.45) is 79.5. The Morgan fingerprint density at radius 2 is 0.487 bits per heavy atom. The molecule has 0 aromatic carbocycles. The number of ether oxygens (including phenoxy) is 3. The van der Waals surface area contributed by atoms with Crippen LogP contribution in [0.2, 0.25) is 0 Å². The van der Waals surface area contributed by atoms with E-state index in [1.54, 1.807) is 0 Å². The van der Waals surface area contributed by atoms with Gasteiger partial charge in [-0.15, -0.1) is 0 Å². The maximum absolute atomic E-state index is 12.8. The van der Waals surface area contributed by atoms with Gasteiger partial charge >= 0.3 is 17.9 Å². The van der Waals surface area contributed by atoms with E-state index >= 15 is 0 Å². The van der Waals surface area contributed by atoms with E-state index in [0.29, 0.717) is 19.3 Å². The Hall–Kier alpha value is -2.11. The fraction of sp³-hybridized carbons (Fsp3) is 0.900. The second-order valence-corrected chi connectivity index (χ2v) is 23.5. The van der Waals surface area contributed by atoms with Crippen LogP contribution >= 0.6 is 0 Å². The number of hydrogen-bond donors (Lipinski definition) is 0. The highest BCUT2D eigenvalue weighted by Gasteiger charge is 2.19. The van der Waals surface area contributed by atoms with Crippen molar-refractivity contribution in [1.82, 2.24) is 0 Å². The molecule has 0 saturated heterocycles. The zero-order valence-corrected chi connectivity index (χ0v) is 51.6. The number of allylic oxidation sites excluding steroid dienone is 4. The van der Waals surface area contributed by atoms with Gasteiger partial charge in [0.05, 0.1) is 0 Å². The molecule has 0 heterocycles. The highest BCUT2D eigenvalue weighted by atomic mass is 16.6. The summed E-state index contributed by atoms with van der Waals surface area (Å²) in [7, 11) is 0. The smallest absolute Gasteiger partial charge is 0.306 e. The molecule has 1 atom stereocenters. The van der Waals surface area contributed by atoms with E-state index in [2.05, 4.69) is 45.1 Å². The van der Waals surface area contributed by atoms with E-state index < -0.39 is 6.10 Å². The number of hydrogen-bond acceptors (Lipinski definition) is 6. The summed E-state index contributed by atoms with van der Waals surface area (Å²) in [5, 5.41) is 0. The molecule has 0 saturated carbocycles. The molecule has 0 radical (unpaired) electrons. The predicted octanol–water partition coefficient (Wildman–Crippen LogP) is 23.4. The Kier molecular flexibility index (Phi) is 63.6. The van der Waals surface area contributed by atoms with Crippen LogP contribution in [-0.4, -0.2) is 37.2 Å². The first-order valence-corrected chi connectivity index (χ1v) is 34.3. The Balaban J connectivity index is 3.97. The summed E-state index contributed by atoms with van der Waals surface area (Å²) in [5.74, 6) is -0.864. The molecule has 0 rings (SSSR count). The minimum atomic E-state index is -0.774. The van der Waals surface area contributed by atoms with Crippen molar-refractivity contribution < 1.29 is 28.6 Å². The average molecular weight is 1070 g/mol. The summed E-state index contributed by atoms with van der Waals surface area (Å²) in [4.78, 5) is 38.2. The van der Waals surface area contributed by atoms with E-state index in [1.807, 2.05) is 0 Å². The maximum Gasteiger partial charge on any atom is 0.306 e. The lowest BCUT2D eigenvalue weighted by molar-refractivity contribution is -0.167. The van der Waals surface area contributed by atoms with Gasteiger partial charge in [-0.3, -0.25) is 14.4 Å². The van der Waals surface area contributed by atoms with Gasteiger partial charge in [-0.05, 0) is 44.9 Å². The lowest BCUT2D eigenvalue weighted by atomic mass is 10.0. The number of carbonyl (C=O) groups excluding carboxylic acids is 3. The third-order valence-electron chi connectivity index (χ3n) is 15.7. The van der Waals surface area contributed by atoms with Gasteiger partial charge in [-0.25, -0.2) is 0 Å². The number of unbranched alkanes of at least 4 members (excludes halogenated alkanes) is 49. The van der Waals surface area contributed by atoms with Gasteiger partial charge in [0.25, 0.3) is 0 Å². The van der Waals surface area contributed by atoms with Crippen LogP contribution in [-0.2, 0) is 28.6 Å². The second kappa shape index (κ2) is 65.4. The number of esters is 3. The monoisotopic (exact) mass is 1070 g/mol. The third kappa shape index (κ3) is 62.7. The van der Waals surface area contributed by atoms with E-state index in [9.17, 15) is 14.4 Å². The molecule has 0 amide bonds. The molecule has 0 spiro atoms. The molecule has 0 aliphatic rings. The molecule has 0 fully saturated rings. The minimum Gasteiger partial charge on any atom is -0.462 e. The maximum atomic E-state index is 12.8. The molecule has 0 aliphatic heterocycles. The quantitative estimate of drug-likeness (QED) is 0.0261. The van der Waals surface area contributed by atoms with Gasteiger partial charge in [0.2, 0.25) is 0 Å². The van der Waals surface area contributed by atoms with Crippen molar-refractivity contribution in [1.29, 1.82) is 0 Å². The van der Waals surface area contributed by atoms with Gasteiger partial charge in [0.1, 0.15) is 13.2 Å². The molecule has 0 aromatic heterocycles. The topological polar surface area (TPSA) is 78.9 Å². The fourth-order valence-electron chi connectivity index (χ4n) is 10.5. The first-order chi connectivity index (χ1) is 37.5. The Bertz CT molecular complexity index is 1230. The van der Waals surface area contributed by atoms with Crippen molar-refractivity contribution in [3.8, 4) is 0 Å². The van der Waals surface area contributed by atoms with Crippen LogP contribution < -0.4 is 0 Å². The molecule has 76 heavy (non-hydrogen) atoms. The molecule has 0 aliphatic carbocycles.